The minimum atomic E-state index is 0.901. The predicted octanol–water partition coefficient (Wildman–Crippen LogP) is 11.3. The Bertz CT molecular complexity index is 2590. The number of hydrogen-bond acceptors (Lipinski definition) is 1. The van der Waals surface area contributed by atoms with E-state index in [1.807, 2.05) is 0 Å². The molecular formula is C42H28N2O. The van der Waals surface area contributed by atoms with E-state index in [9.17, 15) is 0 Å². The Kier molecular flexibility index (Phi) is 5.11. The Morgan fingerprint density at radius 2 is 1.24 bits per heavy atom. The van der Waals surface area contributed by atoms with Gasteiger partial charge in [0.2, 0.25) is 0 Å². The van der Waals surface area contributed by atoms with Crippen LogP contribution >= 0.6 is 0 Å². The van der Waals surface area contributed by atoms with Crippen molar-refractivity contribution in [3.63, 3.8) is 0 Å². The smallest absolute Gasteiger partial charge is 0.159 e. The number of furan rings is 1. The highest BCUT2D eigenvalue weighted by molar-refractivity contribution is 6.11. The summed E-state index contributed by atoms with van der Waals surface area (Å²) in [5, 5.41) is 6.07. The van der Waals surface area contributed by atoms with Gasteiger partial charge in [-0.05, 0) is 72.5 Å². The molecule has 6 aromatic carbocycles. The van der Waals surface area contributed by atoms with Gasteiger partial charge >= 0.3 is 0 Å². The first-order valence-electron chi connectivity index (χ1n) is 15.7. The lowest BCUT2D eigenvalue weighted by molar-refractivity contribution is 0.664. The fourth-order valence-electron chi connectivity index (χ4n) is 7.59. The Morgan fingerprint density at radius 1 is 0.511 bits per heavy atom. The summed E-state index contributed by atoms with van der Waals surface area (Å²) < 4.78 is 11.6. The summed E-state index contributed by atoms with van der Waals surface area (Å²) >= 11 is 0. The van der Waals surface area contributed by atoms with Crippen LogP contribution in [0.2, 0.25) is 0 Å². The predicted molar refractivity (Wildman–Crippen MR) is 188 cm³/mol. The van der Waals surface area contributed by atoms with Gasteiger partial charge in [0, 0.05) is 43.9 Å². The maximum absolute atomic E-state index is 6.74. The van der Waals surface area contributed by atoms with E-state index in [0.29, 0.717) is 0 Å². The molecule has 0 saturated heterocycles. The van der Waals surface area contributed by atoms with E-state index < -0.39 is 0 Å². The van der Waals surface area contributed by atoms with Crippen molar-refractivity contribution in [1.29, 1.82) is 0 Å². The number of aromatic nitrogens is 2. The van der Waals surface area contributed by atoms with Crippen molar-refractivity contribution in [3.05, 3.63) is 151 Å². The lowest BCUT2D eigenvalue weighted by atomic mass is 9.99. The third-order valence-electron chi connectivity index (χ3n) is 9.59. The number of rotatable bonds is 3. The Morgan fingerprint density at radius 3 is 2.07 bits per heavy atom. The molecule has 1 aliphatic carbocycles. The zero-order valence-corrected chi connectivity index (χ0v) is 24.6. The van der Waals surface area contributed by atoms with Crippen molar-refractivity contribution in [3.8, 4) is 22.5 Å². The average molecular weight is 577 g/mol. The molecule has 45 heavy (non-hydrogen) atoms. The van der Waals surface area contributed by atoms with E-state index in [0.717, 1.165) is 46.2 Å². The number of para-hydroxylation sites is 3. The fourth-order valence-corrected chi connectivity index (χ4v) is 7.59. The second-order valence-electron chi connectivity index (χ2n) is 12.0. The van der Waals surface area contributed by atoms with Gasteiger partial charge in [0.1, 0.15) is 5.58 Å². The molecule has 3 nitrogen and oxygen atoms in total. The third kappa shape index (κ3) is 3.52. The highest BCUT2D eigenvalue weighted by atomic mass is 16.3. The van der Waals surface area contributed by atoms with Gasteiger partial charge in [-0.25, -0.2) is 0 Å². The summed E-state index contributed by atoms with van der Waals surface area (Å²) in [4.78, 5) is 0. The highest BCUT2D eigenvalue weighted by Crippen LogP contribution is 2.41. The Balaban J connectivity index is 1.21. The Hall–Kier alpha value is -5.80. The molecule has 3 aromatic heterocycles. The molecule has 0 atom stereocenters. The topological polar surface area (TPSA) is 23.0 Å². The lowest BCUT2D eigenvalue weighted by Gasteiger charge is -2.13. The van der Waals surface area contributed by atoms with Crippen LogP contribution < -0.4 is 0 Å². The highest BCUT2D eigenvalue weighted by Gasteiger charge is 2.22. The number of hydrogen-bond donors (Lipinski definition) is 0. The van der Waals surface area contributed by atoms with E-state index >= 15 is 0 Å². The molecule has 212 valence electrons. The van der Waals surface area contributed by atoms with Gasteiger partial charge in [-0.2, -0.15) is 0 Å². The second kappa shape index (κ2) is 9.35. The molecule has 3 heterocycles. The summed E-state index contributed by atoms with van der Waals surface area (Å²) in [5.41, 5.74) is 12.8. The van der Waals surface area contributed by atoms with Crippen LogP contribution in [0.5, 0.6) is 0 Å². The minimum Gasteiger partial charge on any atom is -0.454 e. The Labute approximate surface area is 259 Å². The van der Waals surface area contributed by atoms with E-state index in [4.69, 9.17) is 4.42 Å². The summed E-state index contributed by atoms with van der Waals surface area (Å²) in [6.07, 6.45) is 6.64. The van der Waals surface area contributed by atoms with Gasteiger partial charge < -0.3 is 13.6 Å². The molecule has 1 aliphatic rings. The van der Waals surface area contributed by atoms with Crippen molar-refractivity contribution >= 4 is 60.7 Å². The third-order valence-corrected chi connectivity index (χ3v) is 9.59. The zero-order chi connectivity index (χ0) is 29.5. The van der Waals surface area contributed by atoms with Crippen LogP contribution in [0.4, 0.5) is 0 Å². The normalized spacial score (nSPS) is 13.1. The first-order valence-corrected chi connectivity index (χ1v) is 15.7. The second-order valence-corrected chi connectivity index (χ2v) is 12.0. The van der Waals surface area contributed by atoms with Gasteiger partial charge in [-0.3, -0.25) is 0 Å². The maximum Gasteiger partial charge on any atom is 0.159 e. The van der Waals surface area contributed by atoms with E-state index in [-0.39, 0.29) is 0 Å². The van der Waals surface area contributed by atoms with E-state index in [2.05, 4.69) is 155 Å². The van der Waals surface area contributed by atoms with Crippen LogP contribution in [-0.4, -0.2) is 9.13 Å². The molecule has 0 spiro atoms. The van der Waals surface area contributed by atoms with Crippen molar-refractivity contribution in [2.45, 2.75) is 12.8 Å². The molecule has 0 unspecified atom stereocenters. The summed E-state index contributed by atoms with van der Waals surface area (Å²) in [5.74, 6) is 0. The lowest BCUT2D eigenvalue weighted by Crippen LogP contribution is -2.03. The molecule has 0 fully saturated rings. The first kappa shape index (κ1) is 24.6. The van der Waals surface area contributed by atoms with Crippen molar-refractivity contribution < 1.29 is 4.42 Å². The van der Waals surface area contributed by atoms with Crippen molar-refractivity contribution in [1.82, 2.24) is 9.13 Å². The van der Waals surface area contributed by atoms with Crippen LogP contribution in [0, 0.1) is 0 Å². The molecule has 0 bridgehead atoms. The number of allylic oxidation sites excluding steroid dienone is 1. The monoisotopic (exact) mass is 576 g/mol. The van der Waals surface area contributed by atoms with Crippen LogP contribution in [0.25, 0.3) is 83.2 Å². The number of nitrogens with zero attached hydrogens (tertiary/aromatic N) is 2. The molecule has 10 rings (SSSR count). The molecule has 0 amide bonds. The van der Waals surface area contributed by atoms with Gasteiger partial charge in [0.05, 0.1) is 22.2 Å². The number of benzene rings is 6. The van der Waals surface area contributed by atoms with E-state index in [1.54, 1.807) is 0 Å². The summed E-state index contributed by atoms with van der Waals surface area (Å²) in [6, 6.07) is 48.1. The van der Waals surface area contributed by atoms with Gasteiger partial charge in [-0.1, -0.05) is 97.1 Å². The standard InChI is InChI=1S/C42H28N2O/c1-2-11-27(12-3-1)28-21-23-39-34(25-28)32-15-6-9-19-38(32)44(39)40-20-10-16-33-35-26-29(22-24-41(35)45-42(33)40)43-36-17-7-4-13-30(36)31-14-5-8-18-37(31)43/h1-8,10-18,20-26H,9,19H2. The van der Waals surface area contributed by atoms with Crippen LogP contribution in [0.3, 0.4) is 0 Å². The summed E-state index contributed by atoms with van der Waals surface area (Å²) in [6.45, 7) is 0. The van der Waals surface area contributed by atoms with Gasteiger partial charge in [-0.15, -0.1) is 0 Å². The van der Waals surface area contributed by atoms with Crippen LogP contribution in [-0.2, 0) is 6.42 Å². The SMILES string of the molecule is C1=Cc2c(n(-c3cccc4c3oc3ccc(-n5c6ccccc6c6ccccc65)cc34)c3ccc(-c4ccccc4)cc23)CC1. The van der Waals surface area contributed by atoms with Gasteiger partial charge in [0.25, 0.3) is 0 Å². The minimum absolute atomic E-state index is 0.901. The zero-order valence-electron chi connectivity index (χ0n) is 24.6. The summed E-state index contributed by atoms with van der Waals surface area (Å²) in [7, 11) is 0. The molecule has 0 radical (unpaired) electrons. The first-order chi connectivity index (χ1) is 22.3. The van der Waals surface area contributed by atoms with Crippen molar-refractivity contribution in [2.75, 3.05) is 0 Å². The van der Waals surface area contributed by atoms with Crippen LogP contribution in [0.15, 0.2) is 144 Å². The maximum atomic E-state index is 6.74. The number of fused-ring (bicyclic) bond motifs is 9. The average Bonchev–Trinajstić information content (AvgIpc) is 3.76. The molecule has 9 aromatic rings. The molecule has 0 aliphatic heterocycles. The van der Waals surface area contributed by atoms with E-state index in [1.165, 1.54) is 55.1 Å². The molecule has 3 heteroatoms. The fraction of sp³-hybridized carbons (Fsp3) is 0.0476. The largest absolute Gasteiger partial charge is 0.454 e. The molecule has 0 saturated carbocycles. The molecular weight excluding hydrogens is 548 g/mol. The van der Waals surface area contributed by atoms with Gasteiger partial charge in [0.15, 0.2) is 5.58 Å². The molecule has 0 N–H and O–H groups in total. The van der Waals surface area contributed by atoms with Crippen molar-refractivity contribution in [2.24, 2.45) is 0 Å². The quantitative estimate of drug-likeness (QED) is 0.205. The van der Waals surface area contributed by atoms with Crippen LogP contribution in [0.1, 0.15) is 17.7 Å².